The molecule has 132 valence electrons. The number of hydrogen-bond acceptors (Lipinski definition) is 2. The van der Waals surface area contributed by atoms with Gasteiger partial charge in [-0.05, 0) is 49.2 Å². The van der Waals surface area contributed by atoms with Crippen LogP contribution in [0.5, 0.6) is 0 Å². The van der Waals surface area contributed by atoms with E-state index in [0.717, 1.165) is 17.4 Å². The number of aliphatic imine (C=N–C) groups is 1. The van der Waals surface area contributed by atoms with Gasteiger partial charge in [-0.3, -0.25) is 0 Å². The number of benzene rings is 3. The molecule has 1 aliphatic heterocycles. The maximum absolute atomic E-state index is 5.02. The molecule has 1 N–H and O–H groups in total. The van der Waals surface area contributed by atoms with E-state index in [-0.39, 0.29) is 17.0 Å². The van der Waals surface area contributed by atoms with E-state index >= 15 is 0 Å². The molecule has 0 spiro atoms. The predicted molar refractivity (Wildman–Crippen MR) is 109 cm³/mol. The molecule has 0 bridgehead atoms. The van der Waals surface area contributed by atoms with Crippen LogP contribution < -0.4 is 21.9 Å². The number of aryl methyl sites for hydroxylation is 1. The third-order valence-corrected chi connectivity index (χ3v) is 5.49. The second kappa shape index (κ2) is 8.21. The van der Waals surface area contributed by atoms with Crippen LogP contribution in [0.2, 0.25) is 0 Å². The fraction of sp³-hybridized carbons (Fsp3) is 0.136. The van der Waals surface area contributed by atoms with Crippen molar-refractivity contribution in [2.75, 3.05) is 6.54 Å². The highest BCUT2D eigenvalue weighted by Gasteiger charge is 2.29. The molecule has 1 aliphatic rings. The molecule has 4 rings (SSSR count). The van der Waals surface area contributed by atoms with Crippen molar-refractivity contribution in [1.82, 2.24) is 0 Å². The van der Waals surface area contributed by atoms with Crippen molar-refractivity contribution in [2.24, 2.45) is 4.99 Å². The Bertz CT molecular complexity index is 972. The minimum absolute atomic E-state index is 0. The molecule has 1 atom stereocenters. The van der Waals surface area contributed by atoms with E-state index in [4.69, 9.17) is 4.99 Å². The number of thioether (sulfide) groups is 1. The van der Waals surface area contributed by atoms with Gasteiger partial charge in [-0.25, -0.2) is 4.90 Å². The monoisotopic (exact) mass is 424 g/mol. The van der Waals surface area contributed by atoms with E-state index in [0.29, 0.717) is 0 Å². The minimum Gasteiger partial charge on any atom is -1.00 e. The largest absolute Gasteiger partial charge is 1.00 e. The number of nitrogens with zero attached hydrogens (tertiary/aromatic N) is 1. The summed E-state index contributed by atoms with van der Waals surface area (Å²) in [6, 6.07) is 23.5. The van der Waals surface area contributed by atoms with Crippen molar-refractivity contribution >= 4 is 39.1 Å². The quantitative estimate of drug-likeness (QED) is 0.677. The number of rotatable bonds is 3. The van der Waals surface area contributed by atoms with Gasteiger partial charge in [0.05, 0.1) is 12.2 Å². The van der Waals surface area contributed by atoms with Gasteiger partial charge in [0.25, 0.3) is 5.17 Å². The third-order valence-electron chi connectivity index (χ3n) is 4.58. The lowest BCUT2D eigenvalue weighted by Crippen LogP contribution is -3.09. The van der Waals surface area contributed by atoms with Crippen molar-refractivity contribution in [1.29, 1.82) is 0 Å². The highest BCUT2D eigenvalue weighted by atomic mass is 79.9. The Morgan fingerprint density at radius 2 is 1.65 bits per heavy atom. The van der Waals surface area contributed by atoms with Crippen LogP contribution >= 0.6 is 11.8 Å². The first-order valence-electron chi connectivity index (χ1n) is 8.63. The van der Waals surface area contributed by atoms with E-state index in [1.807, 2.05) is 0 Å². The van der Waals surface area contributed by atoms with Gasteiger partial charge in [0.2, 0.25) is 0 Å². The fourth-order valence-electron chi connectivity index (χ4n) is 3.20. The zero-order chi connectivity index (χ0) is 17.2. The van der Waals surface area contributed by atoms with Crippen LogP contribution in [0.4, 0.5) is 5.69 Å². The highest BCUT2D eigenvalue weighted by Crippen LogP contribution is 2.28. The summed E-state index contributed by atoms with van der Waals surface area (Å²) < 4.78 is 0. The zero-order valence-corrected chi connectivity index (χ0v) is 17.3. The fourth-order valence-corrected chi connectivity index (χ4v) is 4.25. The highest BCUT2D eigenvalue weighted by molar-refractivity contribution is 8.16. The first-order valence-corrected chi connectivity index (χ1v) is 9.51. The van der Waals surface area contributed by atoms with Crippen LogP contribution in [0.15, 0.2) is 77.1 Å². The molecule has 3 aromatic rings. The van der Waals surface area contributed by atoms with Crippen LogP contribution in [-0.4, -0.2) is 11.7 Å². The Balaban J connectivity index is 0.00000196. The normalized spacial score (nSPS) is 18.0. The molecular weight excluding hydrogens is 404 g/mol. The zero-order valence-electron chi connectivity index (χ0n) is 14.9. The van der Waals surface area contributed by atoms with Gasteiger partial charge >= 0.3 is 0 Å². The van der Waals surface area contributed by atoms with Crippen molar-refractivity contribution in [3.63, 3.8) is 0 Å². The molecule has 0 aromatic heterocycles. The van der Waals surface area contributed by atoms with E-state index in [1.54, 1.807) is 11.8 Å². The average molecular weight is 425 g/mol. The lowest BCUT2D eigenvalue weighted by Gasteiger charge is -2.14. The molecule has 1 heterocycles. The summed E-state index contributed by atoms with van der Waals surface area (Å²) >= 11 is 1.74. The van der Waals surface area contributed by atoms with Crippen molar-refractivity contribution < 1.29 is 21.9 Å². The Kier molecular flexibility index (Phi) is 5.97. The van der Waals surface area contributed by atoms with Gasteiger partial charge in [-0.1, -0.05) is 54.1 Å². The average Bonchev–Trinajstić information content (AvgIpc) is 3.05. The molecular formula is C22H21BrN2S. The maximum atomic E-state index is 5.02. The van der Waals surface area contributed by atoms with E-state index < -0.39 is 0 Å². The topological polar surface area (TPSA) is 16.8 Å². The van der Waals surface area contributed by atoms with E-state index in [2.05, 4.69) is 86.0 Å². The first-order chi connectivity index (χ1) is 12.3. The lowest BCUT2D eigenvalue weighted by molar-refractivity contribution is -0.714. The molecule has 0 radical (unpaired) electrons. The van der Waals surface area contributed by atoms with E-state index in [9.17, 15) is 0 Å². The van der Waals surface area contributed by atoms with Crippen LogP contribution in [-0.2, 0) is 0 Å². The summed E-state index contributed by atoms with van der Waals surface area (Å²) in [7, 11) is 0. The molecule has 0 fully saturated rings. The van der Waals surface area contributed by atoms with Crippen LogP contribution in [0.1, 0.15) is 18.1 Å². The van der Waals surface area contributed by atoms with Gasteiger partial charge < -0.3 is 17.0 Å². The number of fused-ring (bicyclic) bond motifs is 1. The maximum Gasteiger partial charge on any atom is 0.272 e. The van der Waals surface area contributed by atoms with E-state index in [1.165, 1.54) is 32.5 Å². The summed E-state index contributed by atoms with van der Waals surface area (Å²) in [6.45, 7) is 5.32. The first kappa shape index (κ1) is 18.9. The smallest absolute Gasteiger partial charge is 0.272 e. The third kappa shape index (κ3) is 3.63. The summed E-state index contributed by atoms with van der Waals surface area (Å²) in [5.74, 6) is 0. The summed E-state index contributed by atoms with van der Waals surface area (Å²) in [5, 5.41) is 5.80. The molecule has 3 aromatic carbocycles. The van der Waals surface area contributed by atoms with Gasteiger partial charge in [0.1, 0.15) is 0 Å². The van der Waals surface area contributed by atoms with Gasteiger partial charge in [0.15, 0.2) is 5.70 Å². The Labute approximate surface area is 169 Å². The predicted octanol–water partition coefficient (Wildman–Crippen LogP) is 1.79. The van der Waals surface area contributed by atoms with Crippen molar-refractivity contribution in [3.05, 3.63) is 83.3 Å². The van der Waals surface area contributed by atoms with Gasteiger partial charge in [-0.15, -0.1) is 0 Å². The van der Waals surface area contributed by atoms with Crippen molar-refractivity contribution in [3.8, 4) is 0 Å². The van der Waals surface area contributed by atoms with Crippen LogP contribution in [0, 0.1) is 6.92 Å². The number of quaternary nitrogens is 1. The molecule has 0 aliphatic carbocycles. The standard InChI is InChI=1S/C22H20N2S.BrH/c1-3-24-21(18-13-11-16(2)12-14-18)15-25-22(24)23-20-10-6-8-17-7-4-5-9-19(17)20;/h4-15H,3H2,1-2H3;1H. The summed E-state index contributed by atoms with van der Waals surface area (Å²) in [6.07, 6.45) is 0. The molecule has 0 saturated carbocycles. The Hall–Kier alpha value is -1.88. The molecule has 1 unspecified atom stereocenters. The number of halogens is 1. The molecule has 2 nitrogen and oxygen atoms in total. The second-order valence-corrected chi connectivity index (χ2v) is 7.12. The molecule has 0 saturated heterocycles. The second-order valence-electron chi connectivity index (χ2n) is 6.26. The summed E-state index contributed by atoms with van der Waals surface area (Å²) in [5.41, 5.74) is 4.92. The Morgan fingerprint density at radius 3 is 2.42 bits per heavy atom. The van der Waals surface area contributed by atoms with Crippen molar-refractivity contribution in [2.45, 2.75) is 13.8 Å². The number of amidine groups is 1. The Morgan fingerprint density at radius 1 is 0.923 bits per heavy atom. The van der Waals surface area contributed by atoms with Crippen LogP contribution in [0.3, 0.4) is 0 Å². The SMILES string of the molecule is CC[NH+]1C(c2ccc(C)cc2)=CSC1=Nc1cccc2ccccc12.[Br-]. The lowest BCUT2D eigenvalue weighted by atomic mass is 10.1. The summed E-state index contributed by atoms with van der Waals surface area (Å²) in [4.78, 5) is 6.36. The van der Waals surface area contributed by atoms with Gasteiger partial charge in [-0.2, -0.15) is 4.99 Å². The molecule has 26 heavy (non-hydrogen) atoms. The molecule has 4 heteroatoms. The minimum atomic E-state index is 0. The molecule has 0 amide bonds. The number of hydrogen-bond donors (Lipinski definition) is 1. The number of nitrogens with one attached hydrogen (secondary N) is 1. The van der Waals surface area contributed by atoms with Crippen LogP contribution in [0.25, 0.3) is 16.5 Å². The van der Waals surface area contributed by atoms with Gasteiger partial charge in [0, 0.05) is 16.4 Å².